The summed E-state index contributed by atoms with van der Waals surface area (Å²) >= 11 is 0. The molecule has 1 aromatic carbocycles. The van der Waals surface area contributed by atoms with Crippen LogP contribution in [0.2, 0.25) is 0 Å². The molecular formula is C19H30N2O4. The largest absolute Gasteiger partial charge is 0.490 e. The summed E-state index contributed by atoms with van der Waals surface area (Å²) in [6.45, 7) is 7.89. The molecule has 1 aliphatic rings. The summed E-state index contributed by atoms with van der Waals surface area (Å²) in [6.07, 6.45) is 1.64. The average Bonchev–Trinajstić information content (AvgIpc) is 2.61. The number of carbonyl (C=O) groups is 2. The molecule has 1 aromatic rings. The molecule has 2 N–H and O–H groups in total. The van der Waals surface area contributed by atoms with Crippen LogP contribution in [0.15, 0.2) is 24.3 Å². The molecule has 140 valence electrons. The van der Waals surface area contributed by atoms with Gasteiger partial charge in [-0.25, -0.2) is 4.79 Å². The maximum atomic E-state index is 11.5. The quantitative estimate of drug-likeness (QED) is 0.844. The van der Waals surface area contributed by atoms with Crippen molar-refractivity contribution < 1.29 is 19.1 Å². The molecule has 0 unspecified atom stereocenters. The van der Waals surface area contributed by atoms with Crippen molar-refractivity contribution >= 4 is 11.9 Å². The summed E-state index contributed by atoms with van der Waals surface area (Å²) in [6, 6.07) is 6.86. The number of hydrogen-bond acceptors (Lipinski definition) is 5. The molecule has 0 spiro atoms. The zero-order valence-electron chi connectivity index (χ0n) is 15.7. The fraction of sp³-hybridized carbons (Fsp3) is 0.579. The Kier molecular flexibility index (Phi) is 8.99. The minimum absolute atomic E-state index is 0.0177. The van der Waals surface area contributed by atoms with Crippen LogP contribution < -0.4 is 10.5 Å². The zero-order chi connectivity index (χ0) is 18.8. The van der Waals surface area contributed by atoms with Crippen LogP contribution in [0.25, 0.3) is 0 Å². The van der Waals surface area contributed by atoms with Crippen LogP contribution in [0.1, 0.15) is 44.0 Å². The standard InChI is InChI=1S/C15H20N2O4.C4H10/c1-20-15(19)11-2-4-12(5-3-11)21-13-6-8-17(9-7-13)14(18)10-16;1-4(2)3/h2-5,13H,6-10,16H2,1H3;4H,1-3H3. The topological polar surface area (TPSA) is 81.9 Å². The average molecular weight is 350 g/mol. The first-order chi connectivity index (χ1) is 11.9. The lowest BCUT2D eigenvalue weighted by molar-refractivity contribution is -0.131. The van der Waals surface area contributed by atoms with E-state index < -0.39 is 0 Å². The number of amides is 1. The predicted molar refractivity (Wildman–Crippen MR) is 97.6 cm³/mol. The lowest BCUT2D eigenvalue weighted by atomic mass is 10.1. The van der Waals surface area contributed by atoms with E-state index in [0.29, 0.717) is 24.4 Å². The van der Waals surface area contributed by atoms with Gasteiger partial charge in [0.2, 0.25) is 5.91 Å². The molecule has 0 atom stereocenters. The molecule has 6 heteroatoms. The number of rotatable bonds is 4. The lowest BCUT2D eigenvalue weighted by Gasteiger charge is -2.32. The molecule has 1 heterocycles. The van der Waals surface area contributed by atoms with Crippen LogP contribution in [0.5, 0.6) is 5.75 Å². The number of hydrogen-bond donors (Lipinski definition) is 1. The molecule has 1 saturated heterocycles. The van der Waals surface area contributed by atoms with E-state index in [0.717, 1.165) is 18.8 Å². The molecule has 0 aromatic heterocycles. The van der Waals surface area contributed by atoms with Gasteiger partial charge in [-0.2, -0.15) is 0 Å². The normalized spacial score (nSPS) is 14.6. The van der Waals surface area contributed by atoms with Gasteiger partial charge >= 0.3 is 5.97 Å². The number of nitrogens with two attached hydrogens (primary N) is 1. The lowest BCUT2D eigenvalue weighted by Crippen LogP contribution is -2.44. The Morgan fingerprint density at radius 1 is 1.16 bits per heavy atom. The third-order valence-electron chi connectivity index (χ3n) is 3.55. The number of benzene rings is 1. The van der Waals surface area contributed by atoms with Crippen LogP contribution >= 0.6 is 0 Å². The van der Waals surface area contributed by atoms with E-state index in [1.54, 1.807) is 29.2 Å². The minimum atomic E-state index is -0.366. The number of esters is 1. The first-order valence-electron chi connectivity index (χ1n) is 8.70. The van der Waals surface area contributed by atoms with Crippen LogP contribution in [0, 0.1) is 5.92 Å². The number of piperidine rings is 1. The maximum absolute atomic E-state index is 11.5. The number of carbonyl (C=O) groups excluding carboxylic acids is 2. The van der Waals surface area contributed by atoms with Crippen LogP contribution in [-0.2, 0) is 9.53 Å². The fourth-order valence-electron chi connectivity index (χ4n) is 2.33. The molecular weight excluding hydrogens is 320 g/mol. The molecule has 1 fully saturated rings. The molecule has 2 rings (SSSR count). The van der Waals surface area contributed by atoms with E-state index in [1.165, 1.54) is 7.11 Å². The Hall–Kier alpha value is -2.08. The van der Waals surface area contributed by atoms with Gasteiger partial charge in [0.15, 0.2) is 0 Å². The fourth-order valence-corrected chi connectivity index (χ4v) is 2.33. The van der Waals surface area contributed by atoms with Gasteiger partial charge in [0, 0.05) is 25.9 Å². The first-order valence-corrected chi connectivity index (χ1v) is 8.70. The van der Waals surface area contributed by atoms with Crippen molar-refractivity contribution in [1.29, 1.82) is 0 Å². The Labute approximate surface area is 150 Å². The van der Waals surface area contributed by atoms with Crippen molar-refractivity contribution in [3.05, 3.63) is 29.8 Å². The van der Waals surface area contributed by atoms with Gasteiger partial charge in [-0.05, 0) is 30.2 Å². The number of ether oxygens (including phenoxy) is 2. The highest BCUT2D eigenvalue weighted by Crippen LogP contribution is 2.20. The molecule has 0 radical (unpaired) electrons. The summed E-state index contributed by atoms with van der Waals surface area (Å²) < 4.78 is 10.5. The second-order valence-corrected chi connectivity index (χ2v) is 6.65. The second-order valence-electron chi connectivity index (χ2n) is 6.65. The van der Waals surface area contributed by atoms with Gasteiger partial charge in [-0.3, -0.25) is 4.79 Å². The van der Waals surface area contributed by atoms with Gasteiger partial charge in [0.25, 0.3) is 0 Å². The predicted octanol–water partition coefficient (Wildman–Crippen LogP) is 2.46. The Morgan fingerprint density at radius 3 is 2.12 bits per heavy atom. The van der Waals surface area contributed by atoms with Crippen molar-refractivity contribution in [2.75, 3.05) is 26.7 Å². The zero-order valence-corrected chi connectivity index (χ0v) is 15.7. The highest BCUT2D eigenvalue weighted by molar-refractivity contribution is 5.89. The van der Waals surface area contributed by atoms with Crippen LogP contribution in [0.4, 0.5) is 0 Å². The monoisotopic (exact) mass is 350 g/mol. The SMILES string of the molecule is CC(C)C.COC(=O)c1ccc(OC2CCN(C(=O)CN)CC2)cc1. The van der Waals surface area contributed by atoms with Crippen molar-refractivity contribution in [2.24, 2.45) is 11.7 Å². The molecule has 0 aliphatic carbocycles. The van der Waals surface area contributed by atoms with E-state index >= 15 is 0 Å². The minimum Gasteiger partial charge on any atom is -0.490 e. The highest BCUT2D eigenvalue weighted by atomic mass is 16.5. The number of likely N-dealkylation sites (tertiary alicyclic amines) is 1. The van der Waals surface area contributed by atoms with Crippen molar-refractivity contribution in [1.82, 2.24) is 4.90 Å². The second kappa shape index (κ2) is 10.7. The molecule has 1 aliphatic heterocycles. The van der Waals surface area contributed by atoms with Crippen molar-refractivity contribution in [3.63, 3.8) is 0 Å². The summed E-state index contributed by atoms with van der Waals surface area (Å²) in [5.74, 6) is 1.16. The summed E-state index contributed by atoms with van der Waals surface area (Å²) in [7, 11) is 1.35. The Bertz CT molecular complexity index is 532. The van der Waals surface area contributed by atoms with E-state index in [2.05, 4.69) is 25.5 Å². The Morgan fingerprint density at radius 2 is 1.68 bits per heavy atom. The molecule has 6 nitrogen and oxygen atoms in total. The van der Waals surface area contributed by atoms with Crippen LogP contribution in [0.3, 0.4) is 0 Å². The molecule has 1 amide bonds. The third-order valence-corrected chi connectivity index (χ3v) is 3.55. The molecule has 25 heavy (non-hydrogen) atoms. The smallest absolute Gasteiger partial charge is 0.337 e. The maximum Gasteiger partial charge on any atom is 0.337 e. The summed E-state index contributed by atoms with van der Waals surface area (Å²) in [5, 5.41) is 0. The van der Waals surface area contributed by atoms with Crippen molar-refractivity contribution in [2.45, 2.75) is 39.7 Å². The van der Waals surface area contributed by atoms with Gasteiger partial charge < -0.3 is 20.1 Å². The van der Waals surface area contributed by atoms with Gasteiger partial charge in [-0.15, -0.1) is 0 Å². The Balaban J connectivity index is 0.000000705. The van der Waals surface area contributed by atoms with E-state index in [-0.39, 0.29) is 24.5 Å². The van der Waals surface area contributed by atoms with Gasteiger partial charge in [0.05, 0.1) is 19.2 Å². The number of methoxy groups -OCH3 is 1. The van der Waals surface area contributed by atoms with Gasteiger partial charge in [0.1, 0.15) is 11.9 Å². The van der Waals surface area contributed by atoms with E-state index in [4.69, 9.17) is 10.5 Å². The highest BCUT2D eigenvalue weighted by Gasteiger charge is 2.23. The van der Waals surface area contributed by atoms with E-state index in [1.807, 2.05) is 0 Å². The first kappa shape index (κ1) is 21.0. The molecule has 0 saturated carbocycles. The van der Waals surface area contributed by atoms with Crippen molar-refractivity contribution in [3.8, 4) is 5.75 Å². The number of nitrogens with zero attached hydrogens (tertiary/aromatic N) is 1. The third kappa shape index (κ3) is 7.56. The summed E-state index contributed by atoms with van der Waals surface area (Å²) in [4.78, 5) is 24.6. The summed E-state index contributed by atoms with van der Waals surface area (Å²) in [5.41, 5.74) is 5.84. The van der Waals surface area contributed by atoms with Gasteiger partial charge in [-0.1, -0.05) is 20.8 Å². The van der Waals surface area contributed by atoms with E-state index in [9.17, 15) is 9.59 Å². The molecule has 0 bridgehead atoms. The van der Waals surface area contributed by atoms with Crippen LogP contribution in [-0.4, -0.2) is 49.6 Å².